The Bertz CT molecular complexity index is 287. The van der Waals surface area contributed by atoms with Gasteiger partial charge in [-0.2, -0.15) is 0 Å². The molecule has 0 aliphatic carbocycles. The Balaban J connectivity index is 2.68. The van der Waals surface area contributed by atoms with Crippen LogP contribution >= 0.6 is 0 Å². The first-order chi connectivity index (χ1) is 6.77. The quantitative estimate of drug-likeness (QED) is 0.385. The highest BCUT2D eigenvalue weighted by atomic mass is 16.2. The number of carbonyl (C=O) groups is 1. The molecule has 0 fully saturated rings. The van der Waals surface area contributed by atoms with Gasteiger partial charge in [0.05, 0.1) is 6.04 Å². The molecule has 1 unspecified atom stereocenters. The van der Waals surface area contributed by atoms with Crippen LogP contribution in [0.1, 0.15) is 24.9 Å². The largest absolute Gasteiger partial charge is 0.330 e. The van der Waals surface area contributed by atoms with Gasteiger partial charge in [-0.05, 0) is 12.0 Å². The van der Waals surface area contributed by atoms with Crippen molar-refractivity contribution in [2.75, 3.05) is 0 Å². The highest BCUT2D eigenvalue weighted by molar-refractivity contribution is 5.73. The first kappa shape index (κ1) is 10.5. The second-order valence-electron chi connectivity index (χ2n) is 2.99. The summed E-state index contributed by atoms with van der Waals surface area (Å²) in [7, 11) is 0. The summed E-state index contributed by atoms with van der Waals surface area (Å²) in [6, 6.07) is 9.44. The molecule has 4 N–H and O–H groups in total. The molecule has 4 nitrogen and oxygen atoms in total. The van der Waals surface area contributed by atoms with E-state index in [-0.39, 0.29) is 12.1 Å². The molecule has 0 aliphatic heterocycles. The number of hydrogen-bond donors (Lipinski definition) is 3. The predicted octanol–water partition coefficient (Wildman–Crippen LogP) is 1.31. The molecule has 1 rings (SSSR count). The molecule has 4 heteroatoms. The van der Waals surface area contributed by atoms with Crippen LogP contribution in [0.5, 0.6) is 0 Å². The number of amides is 2. The molecule has 0 aliphatic rings. The number of hydrazine groups is 1. The van der Waals surface area contributed by atoms with E-state index in [1.165, 1.54) is 0 Å². The van der Waals surface area contributed by atoms with Crippen molar-refractivity contribution in [2.45, 2.75) is 19.4 Å². The predicted molar refractivity (Wildman–Crippen MR) is 55.3 cm³/mol. The number of carbonyl (C=O) groups excluding carboxylic acids is 1. The number of urea groups is 1. The monoisotopic (exact) mass is 193 g/mol. The van der Waals surface area contributed by atoms with E-state index in [4.69, 9.17) is 5.84 Å². The van der Waals surface area contributed by atoms with Crippen molar-refractivity contribution in [1.82, 2.24) is 10.7 Å². The lowest BCUT2D eigenvalue weighted by Gasteiger charge is -2.16. The lowest BCUT2D eigenvalue weighted by atomic mass is 10.1. The Kier molecular flexibility index (Phi) is 3.94. The summed E-state index contributed by atoms with van der Waals surface area (Å²) in [5.74, 6) is 4.99. The summed E-state index contributed by atoms with van der Waals surface area (Å²) in [5.41, 5.74) is 3.13. The summed E-state index contributed by atoms with van der Waals surface area (Å²) in [4.78, 5) is 11.0. The molecule has 1 atom stereocenters. The summed E-state index contributed by atoms with van der Waals surface area (Å²) >= 11 is 0. The maximum Gasteiger partial charge on any atom is 0.329 e. The molecular weight excluding hydrogens is 178 g/mol. The smallest absolute Gasteiger partial charge is 0.329 e. The molecule has 0 bridgehead atoms. The van der Waals surface area contributed by atoms with Crippen molar-refractivity contribution < 1.29 is 4.79 Å². The van der Waals surface area contributed by atoms with Crippen LogP contribution in [-0.4, -0.2) is 6.03 Å². The Hall–Kier alpha value is -1.55. The Morgan fingerprint density at radius 3 is 2.57 bits per heavy atom. The molecule has 0 aromatic heterocycles. The molecule has 14 heavy (non-hydrogen) atoms. The Morgan fingerprint density at radius 2 is 2.07 bits per heavy atom. The lowest BCUT2D eigenvalue weighted by Crippen LogP contribution is -2.41. The van der Waals surface area contributed by atoms with Gasteiger partial charge in [0.1, 0.15) is 0 Å². The van der Waals surface area contributed by atoms with Gasteiger partial charge in [-0.25, -0.2) is 10.6 Å². The van der Waals surface area contributed by atoms with Gasteiger partial charge in [0.25, 0.3) is 0 Å². The maximum atomic E-state index is 11.0. The van der Waals surface area contributed by atoms with Crippen LogP contribution in [-0.2, 0) is 0 Å². The van der Waals surface area contributed by atoms with E-state index in [1.54, 1.807) is 0 Å². The van der Waals surface area contributed by atoms with Gasteiger partial charge in [-0.1, -0.05) is 37.3 Å². The molecule has 76 valence electrons. The van der Waals surface area contributed by atoms with E-state index in [2.05, 4.69) is 5.32 Å². The van der Waals surface area contributed by atoms with Crippen molar-refractivity contribution in [2.24, 2.45) is 5.84 Å². The lowest BCUT2D eigenvalue weighted by molar-refractivity contribution is 0.237. The van der Waals surface area contributed by atoms with Crippen LogP contribution in [0, 0.1) is 0 Å². The summed E-state index contributed by atoms with van der Waals surface area (Å²) in [6.07, 6.45) is 0.831. The van der Waals surface area contributed by atoms with Gasteiger partial charge in [0.2, 0.25) is 0 Å². The Labute approximate surface area is 83.5 Å². The molecule has 0 heterocycles. The molecule has 1 aromatic rings. The zero-order chi connectivity index (χ0) is 10.4. The minimum absolute atomic E-state index is 0.0137. The third-order valence-corrected chi connectivity index (χ3v) is 2.05. The molecule has 2 amide bonds. The van der Waals surface area contributed by atoms with Crippen molar-refractivity contribution in [3.8, 4) is 0 Å². The fourth-order valence-corrected chi connectivity index (χ4v) is 1.31. The normalized spacial score (nSPS) is 11.9. The van der Waals surface area contributed by atoms with Gasteiger partial charge in [0, 0.05) is 0 Å². The van der Waals surface area contributed by atoms with E-state index >= 15 is 0 Å². The molecule has 0 spiro atoms. The van der Waals surface area contributed by atoms with Crippen LogP contribution in [0.3, 0.4) is 0 Å². The van der Waals surface area contributed by atoms with Crippen molar-refractivity contribution >= 4 is 6.03 Å². The second kappa shape index (κ2) is 5.24. The van der Waals surface area contributed by atoms with Crippen LogP contribution in [0.2, 0.25) is 0 Å². The van der Waals surface area contributed by atoms with Crippen LogP contribution < -0.4 is 16.6 Å². The summed E-state index contributed by atoms with van der Waals surface area (Å²) < 4.78 is 0. The number of benzene rings is 1. The Morgan fingerprint density at radius 1 is 1.43 bits per heavy atom. The first-order valence-corrected chi connectivity index (χ1v) is 4.60. The van der Waals surface area contributed by atoms with Gasteiger partial charge in [-0.3, -0.25) is 5.43 Å². The van der Waals surface area contributed by atoms with Gasteiger partial charge < -0.3 is 5.32 Å². The fraction of sp³-hybridized carbons (Fsp3) is 0.300. The number of hydrogen-bond acceptors (Lipinski definition) is 2. The second-order valence-corrected chi connectivity index (χ2v) is 2.99. The van der Waals surface area contributed by atoms with Crippen molar-refractivity contribution in [3.63, 3.8) is 0 Å². The molecule has 0 saturated heterocycles. The minimum atomic E-state index is -0.360. The van der Waals surface area contributed by atoms with Crippen LogP contribution in [0.25, 0.3) is 0 Å². The highest BCUT2D eigenvalue weighted by Gasteiger charge is 2.10. The zero-order valence-electron chi connectivity index (χ0n) is 8.16. The maximum absolute atomic E-state index is 11.0. The average molecular weight is 193 g/mol. The number of nitrogens with one attached hydrogen (secondary N) is 2. The molecule has 0 saturated carbocycles. The van der Waals surface area contributed by atoms with Crippen molar-refractivity contribution in [1.29, 1.82) is 0 Å². The number of rotatable bonds is 3. The molecule has 0 radical (unpaired) electrons. The van der Waals surface area contributed by atoms with E-state index in [0.29, 0.717) is 0 Å². The van der Waals surface area contributed by atoms with Crippen LogP contribution in [0.15, 0.2) is 30.3 Å². The topological polar surface area (TPSA) is 67.2 Å². The number of nitrogens with two attached hydrogens (primary N) is 1. The van der Waals surface area contributed by atoms with Gasteiger partial charge in [0.15, 0.2) is 0 Å². The van der Waals surface area contributed by atoms with Gasteiger partial charge in [-0.15, -0.1) is 0 Å². The fourth-order valence-electron chi connectivity index (χ4n) is 1.31. The van der Waals surface area contributed by atoms with E-state index < -0.39 is 0 Å². The van der Waals surface area contributed by atoms with E-state index in [9.17, 15) is 4.79 Å². The highest BCUT2D eigenvalue weighted by Crippen LogP contribution is 2.15. The van der Waals surface area contributed by atoms with Crippen molar-refractivity contribution in [3.05, 3.63) is 35.9 Å². The zero-order valence-corrected chi connectivity index (χ0v) is 8.16. The first-order valence-electron chi connectivity index (χ1n) is 4.60. The van der Waals surface area contributed by atoms with E-state index in [1.807, 2.05) is 42.7 Å². The van der Waals surface area contributed by atoms with E-state index in [0.717, 1.165) is 12.0 Å². The van der Waals surface area contributed by atoms with Gasteiger partial charge >= 0.3 is 6.03 Å². The average Bonchev–Trinajstić information content (AvgIpc) is 2.26. The molecular formula is C10H15N3O. The standard InChI is InChI=1S/C10H15N3O/c1-2-9(12-10(14)13-11)8-6-4-3-5-7-8/h3-7,9H,2,11H2,1H3,(H2,12,13,14). The van der Waals surface area contributed by atoms with Crippen LogP contribution in [0.4, 0.5) is 4.79 Å². The summed E-state index contributed by atoms with van der Waals surface area (Å²) in [6.45, 7) is 2.01. The third-order valence-electron chi connectivity index (χ3n) is 2.05. The SMILES string of the molecule is CCC(NC(=O)NN)c1ccccc1. The minimum Gasteiger partial charge on any atom is -0.330 e. The summed E-state index contributed by atoms with van der Waals surface area (Å²) in [5, 5.41) is 2.76. The molecule has 1 aromatic carbocycles. The third kappa shape index (κ3) is 2.74.